The average Bonchev–Trinajstić information content (AvgIpc) is 3.09. The summed E-state index contributed by atoms with van der Waals surface area (Å²) in [6.45, 7) is 2.26. The lowest BCUT2D eigenvalue weighted by Gasteiger charge is -2.47. The number of hydrogen-bond acceptors (Lipinski definition) is 4. The fourth-order valence-corrected chi connectivity index (χ4v) is 6.43. The molecule has 1 aromatic carbocycles. The van der Waals surface area contributed by atoms with Crippen LogP contribution in [0.15, 0.2) is 48.7 Å². The van der Waals surface area contributed by atoms with Crippen LogP contribution in [0.3, 0.4) is 0 Å². The van der Waals surface area contributed by atoms with Crippen molar-refractivity contribution in [3.05, 3.63) is 60.2 Å². The molecule has 2 heterocycles. The maximum absolute atomic E-state index is 13.5. The van der Waals surface area contributed by atoms with E-state index in [4.69, 9.17) is 4.74 Å². The number of aromatic nitrogens is 1. The Bertz CT molecular complexity index is 1000. The number of carbonyl (C=O) groups excluding carboxylic acids is 1. The second-order valence-corrected chi connectivity index (χ2v) is 9.77. The van der Waals surface area contributed by atoms with E-state index >= 15 is 0 Å². The van der Waals surface area contributed by atoms with Gasteiger partial charge in [-0.3, -0.25) is 9.78 Å². The van der Waals surface area contributed by atoms with Gasteiger partial charge in [0.05, 0.1) is 11.6 Å². The van der Waals surface area contributed by atoms with Gasteiger partial charge in [0.2, 0.25) is 0 Å². The lowest BCUT2D eigenvalue weighted by Crippen LogP contribution is -2.44. The molecule has 3 fully saturated rings. The Balaban J connectivity index is 1.38. The van der Waals surface area contributed by atoms with E-state index in [1.54, 1.807) is 12.3 Å². The first kappa shape index (κ1) is 21.3. The van der Waals surface area contributed by atoms with Crippen molar-refractivity contribution in [1.29, 1.82) is 0 Å². The fraction of sp³-hybridized carbons (Fsp3) is 0.481. The van der Waals surface area contributed by atoms with Crippen molar-refractivity contribution in [3.8, 4) is 11.1 Å². The minimum atomic E-state index is -0.258. The van der Waals surface area contributed by atoms with Gasteiger partial charge in [0.25, 0.3) is 0 Å². The molecule has 1 N–H and O–H groups in total. The Hall–Kier alpha value is -2.53. The number of nitrogens with zero attached hydrogens (tertiary/aromatic N) is 1. The maximum atomic E-state index is 13.5. The van der Waals surface area contributed by atoms with E-state index in [0.717, 1.165) is 42.5 Å². The maximum Gasteiger partial charge on any atom is 0.309 e. The standard InChI is InChI=1S/C27H30FNO3/c1-16-26-24(23-9-5-17(15-30)11-20(23)13-25(26)27(31)32-16)10-8-22-7-6-19(14-29-22)18-3-2-4-21(28)12-18/h2-4,6-8,10,12,14,16-17,20,23-26,30H,5,9,11,13,15H2,1H3/t16-,17-,20+,23-,24+,25-,26+/m1/s1. The molecule has 0 bridgehead atoms. The largest absolute Gasteiger partial charge is 0.462 e. The predicted octanol–water partition coefficient (Wildman–Crippen LogP) is 5.12. The topological polar surface area (TPSA) is 59.4 Å². The molecule has 2 saturated carbocycles. The third kappa shape index (κ3) is 3.99. The van der Waals surface area contributed by atoms with Gasteiger partial charge in [-0.05, 0) is 86.1 Å². The Morgan fingerprint density at radius 2 is 2.06 bits per heavy atom. The van der Waals surface area contributed by atoms with Crippen LogP contribution in [0.5, 0.6) is 0 Å². The van der Waals surface area contributed by atoms with E-state index in [1.807, 2.05) is 25.1 Å². The van der Waals surface area contributed by atoms with Crippen molar-refractivity contribution >= 4 is 12.0 Å². The van der Waals surface area contributed by atoms with Gasteiger partial charge in [-0.1, -0.05) is 24.3 Å². The van der Waals surface area contributed by atoms with Crippen molar-refractivity contribution in [2.24, 2.45) is 35.5 Å². The highest BCUT2D eigenvalue weighted by Gasteiger charge is 2.54. The molecule has 7 atom stereocenters. The first-order valence-corrected chi connectivity index (χ1v) is 11.7. The minimum Gasteiger partial charge on any atom is -0.462 e. The summed E-state index contributed by atoms with van der Waals surface area (Å²) in [4.78, 5) is 17.1. The van der Waals surface area contributed by atoms with E-state index in [-0.39, 0.29) is 42.3 Å². The molecule has 32 heavy (non-hydrogen) atoms. The Kier molecular flexibility index (Phi) is 5.85. The third-order valence-corrected chi connectivity index (χ3v) is 7.95. The van der Waals surface area contributed by atoms with E-state index in [0.29, 0.717) is 17.8 Å². The number of halogens is 1. The normalized spacial score (nSPS) is 34.2. The molecule has 5 heteroatoms. The molecule has 0 amide bonds. The number of aliphatic hydroxyl groups excluding tert-OH is 1. The van der Waals surface area contributed by atoms with E-state index < -0.39 is 0 Å². The monoisotopic (exact) mass is 435 g/mol. The molecule has 1 saturated heterocycles. The van der Waals surface area contributed by atoms with Gasteiger partial charge in [0, 0.05) is 24.3 Å². The van der Waals surface area contributed by atoms with Crippen LogP contribution in [0.25, 0.3) is 17.2 Å². The summed E-state index contributed by atoms with van der Waals surface area (Å²) in [5.41, 5.74) is 2.54. The van der Waals surface area contributed by atoms with Gasteiger partial charge in [0.1, 0.15) is 11.9 Å². The molecule has 4 nitrogen and oxygen atoms in total. The molecule has 0 radical (unpaired) electrons. The highest BCUT2D eigenvalue weighted by Crippen LogP contribution is 2.54. The summed E-state index contributed by atoms with van der Waals surface area (Å²) in [5, 5.41) is 9.67. The number of hydrogen-bond donors (Lipinski definition) is 1. The molecule has 0 unspecified atom stereocenters. The number of esters is 1. The lowest BCUT2D eigenvalue weighted by atomic mass is 9.56. The van der Waals surface area contributed by atoms with Crippen molar-refractivity contribution < 1.29 is 19.0 Å². The summed E-state index contributed by atoms with van der Waals surface area (Å²) >= 11 is 0. The van der Waals surface area contributed by atoms with Gasteiger partial charge < -0.3 is 9.84 Å². The number of allylic oxidation sites excluding steroid dienone is 1. The van der Waals surface area contributed by atoms with Crippen LogP contribution < -0.4 is 0 Å². The molecular formula is C27H30FNO3. The number of fused-ring (bicyclic) bond motifs is 2. The molecule has 2 aliphatic carbocycles. The number of aliphatic hydroxyl groups is 1. The zero-order chi connectivity index (χ0) is 22.2. The SMILES string of the molecule is C[C@H]1OC(=O)[C@@H]2C[C@@H]3C[C@H](CO)CC[C@H]3[C@H](C=Cc3ccc(-c4cccc(F)c4)cn3)[C@H]12. The number of benzene rings is 1. The van der Waals surface area contributed by atoms with E-state index in [2.05, 4.69) is 17.1 Å². The Labute approximate surface area is 188 Å². The summed E-state index contributed by atoms with van der Waals surface area (Å²) < 4.78 is 19.2. The number of carbonyl (C=O) groups is 1. The summed E-state index contributed by atoms with van der Waals surface area (Å²) in [6.07, 6.45) is 10.0. The molecule has 5 rings (SSSR count). The third-order valence-electron chi connectivity index (χ3n) is 7.95. The van der Waals surface area contributed by atoms with Gasteiger partial charge >= 0.3 is 5.97 Å². The zero-order valence-corrected chi connectivity index (χ0v) is 18.4. The quantitative estimate of drug-likeness (QED) is 0.677. The van der Waals surface area contributed by atoms with Crippen LogP contribution in [-0.2, 0) is 9.53 Å². The summed E-state index contributed by atoms with van der Waals surface area (Å²) in [5.74, 6) is 1.44. The fourth-order valence-electron chi connectivity index (χ4n) is 6.43. The summed E-state index contributed by atoms with van der Waals surface area (Å²) in [6, 6.07) is 10.4. The van der Waals surface area contributed by atoms with Crippen LogP contribution in [0.2, 0.25) is 0 Å². The number of rotatable bonds is 4. The Morgan fingerprint density at radius 1 is 1.19 bits per heavy atom. The second-order valence-electron chi connectivity index (χ2n) is 9.77. The van der Waals surface area contributed by atoms with E-state index in [9.17, 15) is 14.3 Å². The van der Waals surface area contributed by atoms with Crippen LogP contribution in [0.4, 0.5) is 4.39 Å². The Morgan fingerprint density at radius 3 is 2.81 bits per heavy atom. The minimum absolute atomic E-state index is 0.0401. The first-order chi connectivity index (χ1) is 15.5. The number of ether oxygens (including phenoxy) is 1. The summed E-state index contributed by atoms with van der Waals surface area (Å²) in [7, 11) is 0. The average molecular weight is 436 g/mol. The molecular weight excluding hydrogens is 405 g/mol. The lowest BCUT2D eigenvalue weighted by molar-refractivity contribution is -0.144. The molecule has 0 spiro atoms. The second kappa shape index (κ2) is 8.78. The molecule has 1 aliphatic heterocycles. The molecule has 168 valence electrons. The predicted molar refractivity (Wildman–Crippen MR) is 121 cm³/mol. The number of pyridine rings is 1. The number of cyclic esters (lactones) is 1. The van der Waals surface area contributed by atoms with Gasteiger partial charge in [-0.25, -0.2) is 4.39 Å². The van der Waals surface area contributed by atoms with Gasteiger partial charge in [0.15, 0.2) is 0 Å². The molecule has 1 aromatic heterocycles. The molecule has 2 aromatic rings. The van der Waals surface area contributed by atoms with Crippen LogP contribution in [0, 0.1) is 41.3 Å². The van der Waals surface area contributed by atoms with E-state index in [1.165, 1.54) is 12.1 Å². The van der Waals surface area contributed by atoms with Gasteiger partial charge in [-0.2, -0.15) is 0 Å². The van der Waals surface area contributed by atoms with Gasteiger partial charge in [-0.15, -0.1) is 0 Å². The highest BCUT2D eigenvalue weighted by molar-refractivity contribution is 5.75. The first-order valence-electron chi connectivity index (χ1n) is 11.7. The van der Waals surface area contributed by atoms with Crippen LogP contribution in [0.1, 0.15) is 38.3 Å². The smallest absolute Gasteiger partial charge is 0.309 e. The van der Waals surface area contributed by atoms with Crippen molar-refractivity contribution in [2.45, 2.75) is 38.7 Å². The van der Waals surface area contributed by atoms with Crippen molar-refractivity contribution in [1.82, 2.24) is 4.98 Å². The van der Waals surface area contributed by atoms with Crippen LogP contribution >= 0.6 is 0 Å². The molecule has 3 aliphatic rings. The highest BCUT2D eigenvalue weighted by atomic mass is 19.1. The van der Waals surface area contributed by atoms with Crippen molar-refractivity contribution in [3.63, 3.8) is 0 Å². The van der Waals surface area contributed by atoms with Crippen molar-refractivity contribution in [2.75, 3.05) is 6.61 Å². The van der Waals surface area contributed by atoms with Crippen LogP contribution in [-0.4, -0.2) is 28.8 Å². The zero-order valence-electron chi connectivity index (χ0n) is 18.4.